The minimum atomic E-state index is -4.60. The van der Waals surface area contributed by atoms with Gasteiger partial charge in [-0.15, -0.1) is 11.8 Å². The van der Waals surface area contributed by atoms with E-state index < -0.39 is 32.5 Å². The highest BCUT2D eigenvalue weighted by Crippen LogP contribution is 2.44. The van der Waals surface area contributed by atoms with Crippen molar-refractivity contribution in [2.75, 3.05) is 18.9 Å². The average Bonchev–Trinajstić information content (AvgIpc) is 3.56. The van der Waals surface area contributed by atoms with Gasteiger partial charge in [0.05, 0.1) is 31.5 Å². The molecule has 3 atom stereocenters. The second-order valence-electron chi connectivity index (χ2n) is 12.8. The summed E-state index contributed by atoms with van der Waals surface area (Å²) >= 11 is 0. The fourth-order valence-electron chi connectivity index (χ4n) is 5.60. The van der Waals surface area contributed by atoms with Crippen LogP contribution in [0.3, 0.4) is 0 Å². The number of aryl methyl sites for hydroxylation is 1. The first-order valence-electron chi connectivity index (χ1n) is 18.3. The van der Waals surface area contributed by atoms with E-state index in [9.17, 15) is 13.8 Å². The summed E-state index contributed by atoms with van der Waals surface area (Å²) < 4.78 is 50.1. The Morgan fingerprint density at radius 1 is 0.942 bits per heavy atom. The lowest BCUT2D eigenvalue weighted by molar-refractivity contribution is -0.00217. The van der Waals surface area contributed by atoms with Gasteiger partial charge in [0.2, 0.25) is 0 Å². The molecule has 3 N–H and O–H groups in total. The molecule has 2 heterocycles. The van der Waals surface area contributed by atoms with E-state index in [1.54, 1.807) is 29.0 Å². The highest BCUT2D eigenvalue weighted by atomic mass is 31.2. The maximum Gasteiger partial charge on any atom is 0.472 e. The van der Waals surface area contributed by atoms with Crippen molar-refractivity contribution in [1.29, 1.82) is 10.5 Å². The normalized spacial score (nSPS) is 13.4. The Morgan fingerprint density at radius 3 is 2.27 bits per heavy atom. The third-order valence-corrected chi connectivity index (χ3v) is 9.55. The van der Waals surface area contributed by atoms with Crippen LogP contribution in [0.2, 0.25) is 0 Å². The van der Waals surface area contributed by atoms with Gasteiger partial charge in [0.15, 0.2) is 5.82 Å². The Bertz CT molecular complexity index is 1700. The van der Waals surface area contributed by atoms with E-state index in [1.165, 1.54) is 82.7 Å². The van der Waals surface area contributed by atoms with Crippen molar-refractivity contribution in [3.05, 3.63) is 59.3 Å². The number of ether oxygens (including phenoxy) is 2. The summed E-state index contributed by atoms with van der Waals surface area (Å²) in [5.74, 6) is 5.90. The molecule has 0 radical (unpaired) electrons. The first-order chi connectivity index (χ1) is 25.3. The molecule has 0 bridgehead atoms. The highest BCUT2D eigenvalue weighted by Gasteiger charge is 2.26. The molecule has 0 saturated heterocycles. The smallest absolute Gasteiger partial charge is 0.422 e. The van der Waals surface area contributed by atoms with Crippen LogP contribution in [0.15, 0.2) is 36.7 Å². The molecular formula is C38H52FN6O6P. The van der Waals surface area contributed by atoms with Gasteiger partial charge in [-0.3, -0.25) is 9.05 Å². The van der Waals surface area contributed by atoms with Crippen LogP contribution >= 0.6 is 7.82 Å². The lowest BCUT2D eigenvalue weighted by Gasteiger charge is -2.20. The number of nitriles is 2. The van der Waals surface area contributed by atoms with E-state index in [2.05, 4.69) is 28.8 Å². The topological polar surface area (TPSA) is 178 Å². The summed E-state index contributed by atoms with van der Waals surface area (Å²) in [4.78, 5) is 14.4. The number of benzene rings is 1. The molecule has 0 saturated carbocycles. The van der Waals surface area contributed by atoms with Gasteiger partial charge in [-0.05, 0) is 49.1 Å². The summed E-state index contributed by atoms with van der Waals surface area (Å²) in [5, 5.41) is 22.3. The Morgan fingerprint density at radius 2 is 1.62 bits per heavy atom. The summed E-state index contributed by atoms with van der Waals surface area (Å²) in [6, 6.07) is 9.53. The van der Waals surface area contributed by atoms with Crippen LogP contribution in [0, 0.1) is 40.5 Å². The van der Waals surface area contributed by atoms with Crippen molar-refractivity contribution in [3.63, 3.8) is 0 Å². The molecule has 52 heavy (non-hydrogen) atoms. The largest absolute Gasteiger partial charge is 0.472 e. The molecule has 0 aliphatic rings. The zero-order valence-electron chi connectivity index (χ0n) is 30.2. The second-order valence-corrected chi connectivity index (χ2v) is 14.2. The molecule has 0 amide bonds. The van der Waals surface area contributed by atoms with Crippen molar-refractivity contribution in [2.45, 2.75) is 128 Å². The van der Waals surface area contributed by atoms with Crippen LogP contribution in [0.1, 0.15) is 120 Å². The van der Waals surface area contributed by atoms with Crippen molar-refractivity contribution < 1.29 is 32.4 Å². The van der Waals surface area contributed by atoms with Crippen LogP contribution < -0.4 is 5.73 Å². The van der Waals surface area contributed by atoms with Crippen LogP contribution in [0.5, 0.6) is 0 Å². The van der Waals surface area contributed by atoms with Crippen LogP contribution in [0.25, 0.3) is 5.52 Å². The van der Waals surface area contributed by atoms with Gasteiger partial charge in [-0.1, -0.05) is 83.6 Å². The number of hydrogen-bond acceptors (Lipinski definition) is 10. The zero-order valence-corrected chi connectivity index (χ0v) is 31.1. The van der Waals surface area contributed by atoms with Crippen molar-refractivity contribution in [3.8, 4) is 24.2 Å². The zero-order chi connectivity index (χ0) is 37.4. The number of nitrogen functional groups attached to an aromatic ring is 1. The predicted octanol–water partition coefficient (Wildman–Crippen LogP) is 8.32. The number of hydrogen-bond donors (Lipinski definition) is 2. The summed E-state index contributed by atoms with van der Waals surface area (Å²) in [6.07, 6.45) is 18.1. The van der Waals surface area contributed by atoms with E-state index in [0.717, 1.165) is 25.0 Å². The molecule has 0 aliphatic carbocycles. The van der Waals surface area contributed by atoms with E-state index in [1.807, 2.05) is 6.07 Å². The number of nitrogens with two attached hydrogens (primary N) is 1. The Balaban J connectivity index is 1.45. The van der Waals surface area contributed by atoms with E-state index in [4.69, 9.17) is 34.8 Å². The highest BCUT2D eigenvalue weighted by molar-refractivity contribution is 7.47. The Kier molecular flexibility index (Phi) is 19.8. The third-order valence-electron chi connectivity index (χ3n) is 8.60. The molecular weight excluding hydrogens is 686 g/mol. The molecule has 1 aromatic carbocycles. The molecule has 2 aromatic heterocycles. The molecule has 12 nitrogen and oxygen atoms in total. The number of halogens is 1. The molecule has 3 rings (SSSR count). The summed E-state index contributed by atoms with van der Waals surface area (Å²) in [5.41, 5.74) is 7.71. The van der Waals surface area contributed by atoms with Crippen LogP contribution in [-0.4, -0.2) is 44.9 Å². The number of unbranched alkanes of at least 4 members (excludes halogenated alkanes) is 12. The van der Waals surface area contributed by atoms with Gasteiger partial charge in [0, 0.05) is 18.5 Å². The number of anilines is 1. The van der Waals surface area contributed by atoms with Gasteiger partial charge < -0.3 is 20.1 Å². The maximum atomic E-state index is 14.2. The van der Waals surface area contributed by atoms with E-state index in [0.29, 0.717) is 23.3 Å². The van der Waals surface area contributed by atoms with Gasteiger partial charge in [0.25, 0.3) is 6.26 Å². The monoisotopic (exact) mass is 738 g/mol. The van der Waals surface area contributed by atoms with Crippen LogP contribution in [0.4, 0.5) is 10.2 Å². The first kappa shape index (κ1) is 42.4. The lowest BCUT2D eigenvalue weighted by atomic mass is 10.0. The summed E-state index contributed by atoms with van der Waals surface area (Å²) in [7, 11) is -4.60. The first-order valence-corrected chi connectivity index (χ1v) is 19.7. The van der Waals surface area contributed by atoms with Gasteiger partial charge >= 0.3 is 7.82 Å². The standard InChI is InChI=1S/C38H52FN6O6P/c1-2-3-4-5-6-7-8-9-10-11-12-13-14-15-16-17-34(48-26-31-18-19-32(25-40)36(39)24-31)27-50-52(46,47)51-28-35(49-29-41)22-20-33-21-23-37-38(42)43-30-44-45(33)37/h18-19,21,23-24,30,34-35H,2-14,17,20,22,26-28H2,1H3,(H,46,47)(H2,42,43,44)/t34-,35+/m1/s1. The molecule has 3 aromatic rings. The number of rotatable bonds is 26. The molecule has 0 spiro atoms. The Labute approximate surface area is 307 Å². The average molecular weight is 739 g/mol. The van der Waals surface area contributed by atoms with Gasteiger partial charge in [-0.25, -0.2) is 18.5 Å². The molecule has 1 unspecified atom stereocenters. The predicted molar refractivity (Wildman–Crippen MR) is 196 cm³/mol. The fourth-order valence-corrected chi connectivity index (χ4v) is 6.38. The minimum absolute atomic E-state index is 0.0310. The Hall–Kier alpha value is -4.02. The fraction of sp³-hybridized carbons (Fsp3) is 0.579. The molecule has 0 aliphatic heterocycles. The number of fused-ring (bicyclic) bond motifs is 1. The molecule has 14 heteroatoms. The third kappa shape index (κ3) is 16.1. The van der Waals surface area contributed by atoms with E-state index in [-0.39, 0.29) is 31.6 Å². The quantitative estimate of drug-likeness (QED) is 0.0350. The second kappa shape index (κ2) is 24.3. The number of phosphoric ester groups is 1. The van der Waals surface area contributed by atoms with Crippen molar-refractivity contribution >= 4 is 19.2 Å². The van der Waals surface area contributed by atoms with Gasteiger partial charge in [-0.2, -0.15) is 15.6 Å². The minimum Gasteiger partial charge on any atom is -0.422 e. The van der Waals surface area contributed by atoms with Gasteiger partial charge in [0.1, 0.15) is 29.8 Å². The maximum absolute atomic E-state index is 14.2. The SMILES string of the molecule is CCCCCCCCCCCCCCC#CC[C@H](COP(=O)(O)OC[C@H](CCc1ccc2c(N)ncnn12)OC#N)OCc1ccc(C#N)c(F)c1. The number of nitrogens with zero attached hydrogens (tertiary/aromatic N) is 5. The summed E-state index contributed by atoms with van der Waals surface area (Å²) in [6.45, 7) is 1.48. The molecule has 0 fully saturated rings. The molecule has 282 valence electrons. The lowest BCUT2D eigenvalue weighted by Crippen LogP contribution is -2.21. The number of phosphoric acid groups is 1. The van der Waals surface area contributed by atoms with E-state index >= 15 is 0 Å². The van der Waals surface area contributed by atoms with Crippen molar-refractivity contribution in [1.82, 2.24) is 14.6 Å². The van der Waals surface area contributed by atoms with Crippen LogP contribution in [-0.2, 0) is 36.1 Å². The number of aromatic nitrogens is 3. The van der Waals surface area contributed by atoms with Crippen molar-refractivity contribution in [2.24, 2.45) is 0 Å².